The van der Waals surface area contributed by atoms with E-state index in [4.69, 9.17) is 11.6 Å². The van der Waals surface area contributed by atoms with Crippen LogP contribution in [0.15, 0.2) is 40.9 Å². The quantitative estimate of drug-likeness (QED) is 0.604. The molecule has 4 aliphatic rings. The summed E-state index contributed by atoms with van der Waals surface area (Å²) in [4.78, 5) is 44.7. The first-order valence-corrected chi connectivity index (χ1v) is 11.6. The molecular formula is C23H19BrClN3O3. The first-order valence-electron chi connectivity index (χ1n) is 10.4. The fourth-order valence-corrected chi connectivity index (χ4v) is 6.88. The number of carbonyl (C=O) groups excluding carboxylic acids is 3. The van der Waals surface area contributed by atoms with Crippen molar-refractivity contribution in [1.82, 2.24) is 4.90 Å². The van der Waals surface area contributed by atoms with E-state index in [0.29, 0.717) is 27.4 Å². The van der Waals surface area contributed by atoms with Gasteiger partial charge in [-0.25, -0.2) is 4.90 Å². The van der Waals surface area contributed by atoms with E-state index in [0.717, 1.165) is 24.0 Å². The standard InChI is InChI=1S/C23H19BrClN3O3/c1-11-14(25)9-8-12-19(11)26-22(31)23(12)18-17(16-7-4-10-27(16)23)20(29)28(21(18)30)15-6-3-2-5-13(15)24/h2-3,5-6,8-9,16-18H,4,7,10H2,1H3,(H,26,31). The molecule has 158 valence electrons. The third-order valence-electron chi connectivity index (χ3n) is 7.46. The lowest BCUT2D eigenvalue weighted by Crippen LogP contribution is -2.54. The van der Waals surface area contributed by atoms with Gasteiger partial charge in [-0.05, 0) is 66.0 Å². The van der Waals surface area contributed by atoms with Gasteiger partial charge >= 0.3 is 0 Å². The largest absolute Gasteiger partial charge is 0.324 e. The predicted octanol–water partition coefficient (Wildman–Crippen LogP) is 3.84. The van der Waals surface area contributed by atoms with Crippen molar-refractivity contribution >= 4 is 56.6 Å². The minimum absolute atomic E-state index is 0.137. The average molecular weight is 501 g/mol. The Labute approximate surface area is 192 Å². The monoisotopic (exact) mass is 499 g/mol. The molecule has 2 aromatic rings. The van der Waals surface area contributed by atoms with Crippen LogP contribution in [0.5, 0.6) is 0 Å². The van der Waals surface area contributed by atoms with E-state index in [1.165, 1.54) is 4.90 Å². The summed E-state index contributed by atoms with van der Waals surface area (Å²) in [5.74, 6) is -2.08. The number of rotatable bonds is 1. The van der Waals surface area contributed by atoms with E-state index < -0.39 is 17.4 Å². The lowest BCUT2D eigenvalue weighted by atomic mass is 9.75. The number of amides is 3. The zero-order valence-electron chi connectivity index (χ0n) is 16.7. The highest BCUT2D eigenvalue weighted by Crippen LogP contribution is 2.61. The number of carbonyl (C=O) groups is 3. The van der Waals surface area contributed by atoms with Crippen molar-refractivity contribution in [3.05, 3.63) is 57.0 Å². The smallest absolute Gasteiger partial charge is 0.250 e. The summed E-state index contributed by atoms with van der Waals surface area (Å²) < 4.78 is 0.674. The maximum Gasteiger partial charge on any atom is 0.250 e. The second-order valence-electron chi connectivity index (χ2n) is 8.69. The summed E-state index contributed by atoms with van der Waals surface area (Å²) in [5.41, 5.74) is 1.55. The Kier molecular flexibility index (Phi) is 4.02. The van der Waals surface area contributed by atoms with Gasteiger partial charge in [0, 0.05) is 21.1 Å². The van der Waals surface area contributed by atoms with E-state index in [9.17, 15) is 14.4 Å². The van der Waals surface area contributed by atoms with Crippen LogP contribution in [0.4, 0.5) is 11.4 Å². The number of benzene rings is 2. The summed E-state index contributed by atoms with van der Waals surface area (Å²) in [7, 11) is 0. The third-order valence-corrected chi connectivity index (χ3v) is 8.54. The first kappa shape index (κ1) is 19.5. The van der Waals surface area contributed by atoms with Crippen molar-refractivity contribution in [3.63, 3.8) is 0 Å². The Morgan fingerprint density at radius 2 is 1.90 bits per heavy atom. The molecule has 3 amide bonds. The summed E-state index contributed by atoms with van der Waals surface area (Å²) in [6.07, 6.45) is 1.68. The number of nitrogens with zero attached hydrogens (tertiary/aromatic N) is 2. The molecule has 4 unspecified atom stereocenters. The van der Waals surface area contributed by atoms with Crippen LogP contribution in [0.1, 0.15) is 24.0 Å². The molecule has 0 radical (unpaired) electrons. The number of fused-ring (bicyclic) bond motifs is 7. The van der Waals surface area contributed by atoms with Gasteiger partial charge in [-0.2, -0.15) is 0 Å². The minimum Gasteiger partial charge on any atom is -0.324 e. The molecular weight excluding hydrogens is 482 g/mol. The molecule has 4 heterocycles. The van der Waals surface area contributed by atoms with Crippen LogP contribution in [0.3, 0.4) is 0 Å². The van der Waals surface area contributed by atoms with Crippen LogP contribution in [0, 0.1) is 18.8 Å². The Bertz CT molecular complexity index is 1200. The highest BCUT2D eigenvalue weighted by molar-refractivity contribution is 9.10. The van der Waals surface area contributed by atoms with E-state index in [1.807, 2.05) is 25.1 Å². The number of anilines is 2. The third kappa shape index (κ3) is 2.19. The number of hydrogen-bond acceptors (Lipinski definition) is 4. The van der Waals surface area contributed by atoms with Crippen LogP contribution in [0.25, 0.3) is 0 Å². The molecule has 1 N–H and O–H groups in total. The number of hydrogen-bond donors (Lipinski definition) is 1. The zero-order valence-corrected chi connectivity index (χ0v) is 19.0. The van der Waals surface area contributed by atoms with Crippen LogP contribution in [-0.2, 0) is 19.9 Å². The van der Waals surface area contributed by atoms with E-state index in [-0.39, 0.29) is 23.8 Å². The van der Waals surface area contributed by atoms with Gasteiger partial charge in [0.15, 0.2) is 0 Å². The Hall–Kier alpha value is -2.22. The lowest BCUT2D eigenvalue weighted by Gasteiger charge is -2.36. The number of halogens is 2. The normalized spacial score (nSPS) is 31.4. The second-order valence-corrected chi connectivity index (χ2v) is 9.95. The molecule has 4 aliphatic heterocycles. The molecule has 6 rings (SSSR count). The van der Waals surface area contributed by atoms with Crippen molar-refractivity contribution in [2.75, 3.05) is 16.8 Å². The molecule has 0 saturated carbocycles. The minimum atomic E-state index is -1.18. The SMILES string of the molecule is Cc1c(Cl)ccc2c1NC(=O)C21C2C(=O)N(c3ccccc3Br)C(=O)C2C2CCCN21. The van der Waals surface area contributed by atoms with Crippen molar-refractivity contribution in [2.24, 2.45) is 11.8 Å². The molecule has 3 fully saturated rings. The van der Waals surface area contributed by atoms with Gasteiger partial charge in [0.05, 0.1) is 23.2 Å². The fourth-order valence-electron chi connectivity index (χ4n) is 6.26. The number of para-hydroxylation sites is 1. The maximum absolute atomic E-state index is 13.9. The predicted molar refractivity (Wildman–Crippen MR) is 120 cm³/mol. The summed E-state index contributed by atoms with van der Waals surface area (Å²) in [6, 6.07) is 10.7. The van der Waals surface area contributed by atoms with E-state index in [2.05, 4.69) is 26.1 Å². The lowest BCUT2D eigenvalue weighted by molar-refractivity contribution is -0.135. The molecule has 0 bridgehead atoms. The second kappa shape index (κ2) is 6.40. The average Bonchev–Trinajstić information content (AvgIpc) is 3.45. The maximum atomic E-state index is 13.9. The van der Waals surface area contributed by atoms with Gasteiger partial charge in [-0.3, -0.25) is 19.3 Å². The van der Waals surface area contributed by atoms with Gasteiger partial charge < -0.3 is 5.32 Å². The van der Waals surface area contributed by atoms with Crippen molar-refractivity contribution in [1.29, 1.82) is 0 Å². The van der Waals surface area contributed by atoms with Gasteiger partial charge in [0.25, 0.3) is 0 Å². The fraction of sp³-hybridized carbons (Fsp3) is 0.348. The molecule has 4 atom stereocenters. The van der Waals surface area contributed by atoms with Crippen molar-refractivity contribution < 1.29 is 14.4 Å². The van der Waals surface area contributed by atoms with E-state index in [1.54, 1.807) is 18.2 Å². The zero-order chi connectivity index (χ0) is 21.7. The molecule has 8 heteroatoms. The van der Waals surface area contributed by atoms with Crippen LogP contribution in [-0.4, -0.2) is 35.2 Å². The number of nitrogens with one attached hydrogen (secondary N) is 1. The molecule has 2 aromatic carbocycles. The first-order chi connectivity index (χ1) is 14.9. The van der Waals surface area contributed by atoms with Gasteiger partial charge in [0.1, 0.15) is 5.54 Å². The topological polar surface area (TPSA) is 69.7 Å². The van der Waals surface area contributed by atoms with Crippen LogP contribution in [0.2, 0.25) is 5.02 Å². The molecule has 6 nitrogen and oxygen atoms in total. The van der Waals surface area contributed by atoms with Gasteiger partial charge in [-0.1, -0.05) is 29.8 Å². The summed E-state index contributed by atoms with van der Waals surface area (Å²) in [5, 5.41) is 3.57. The van der Waals surface area contributed by atoms with Gasteiger partial charge in [0.2, 0.25) is 17.7 Å². The van der Waals surface area contributed by atoms with E-state index >= 15 is 0 Å². The molecule has 1 spiro atoms. The van der Waals surface area contributed by atoms with Crippen molar-refractivity contribution in [2.45, 2.75) is 31.3 Å². The van der Waals surface area contributed by atoms with Crippen molar-refractivity contribution in [3.8, 4) is 0 Å². The number of imide groups is 1. The molecule has 31 heavy (non-hydrogen) atoms. The molecule has 0 aromatic heterocycles. The highest BCUT2D eigenvalue weighted by Gasteiger charge is 2.74. The summed E-state index contributed by atoms with van der Waals surface area (Å²) in [6.45, 7) is 2.55. The highest BCUT2D eigenvalue weighted by atomic mass is 79.9. The molecule has 0 aliphatic carbocycles. The van der Waals surface area contributed by atoms with Crippen LogP contribution < -0.4 is 10.2 Å². The summed E-state index contributed by atoms with van der Waals surface area (Å²) >= 11 is 9.81. The Morgan fingerprint density at radius 3 is 2.68 bits per heavy atom. The van der Waals surface area contributed by atoms with Crippen LogP contribution >= 0.6 is 27.5 Å². The Morgan fingerprint density at radius 1 is 1.13 bits per heavy atom. The Balaban J connectivity index is 1.59. The molecule has 3 saturated heterocycles. The van der Waals surface area contributed by atoms with Gasteiger partial charge in [-0.15, -0.1) is 0 Å².